The fraction of sp³-hybridized carbons (Fsp3) is 0.290. The van der Waals surface area contributed by atoms with E-state index in [0.717, 1.165) is 0 Å². The van der Waals surface area contributed by atoms with Crippen LogP contribution in [0.25, 0.3) is 10.9 Å². The second-order valence-electron chi connectivity index (χ2n) is 10.6. The number of nitrogens with zero attached hydrogens (tertiary/aromatic N) is 1. The maximum absolute atomic E-state index is 14.0. The first kappa shape index (κ1) is 30.1. The first-order valence-corrected chi connectivity index (χ1v) is 13.7. The first-order chi connectivity index (χ1) is 20.4. The summed E-state index contributed by atoms with van der Waals surface area (Å²) in [5, 5.41) is 4.26. The molecule has 12 heteroatoms. The number of carbonyl (C=O) groups excluding carboxylic acids is 2. The van der Waals surface area contributed by atoms with Crippen LogP contribution in [0.4, 0.5) is 18.9 Å². The van der Waals surface area contributed by atoms with Gasteiger partial charge in [0.05, 0.1) is 19.2 Å². The van der Waals surface area contributed by atoms with Crippen molar-refractivity contribution in [3.63, 3.8) is 0 Å². The Hall–Kier alpha value is -4.38. The van der Waals surface area contributed by atoms with Gasteiger partial charge in [0, 0.05) is 52.5 Å². The van der Waals surface area contributed by atoms with E-state index in [9.17, 15) is 22.8 Å². The smallest absolute Gasteiger partial charge is 0.497 e. The number of hydrogen-bond donors (Lipinski definition) is 1. The number of ether oxygens (including phenoxy) is 4. The molecule has 0 aliphatic heterocycles. The normalized spacial score (nSPS) is 18.8. The van der Waals surface area contributed by atoms with Crippen LogP contribution in [0.2, 0.25) is 5.02 Å². The lowest BCUT2D eigenvalue weighted by Crippen LogP contribution is -2.45. The van der Waals surface area contributed by atoms with Gasteiger partial charge < -0.3 is 24.3 Å². The highest BCUT2D eigenvalue weighted by atomic mass is 35.5. The molecule has 1 N–H and O–H groups in total. The van der Waals surface area contributed by atoms with Crippen LogP contribution in [0.3, 0.4) is 0 Å². The van der Waals surface area contributed by atoms with Gasteiger partial charge in [0.25, 0.3) is 12.4 Å². The van der Waals surface area contributed by atoms with Crippen molar-refractivity contribution in [3.05, 3.63) is 83.5 Å². The molecular weight excluding hydrogens is 589 g/mol. The number of carbonyl (C=O) groups is 2. The van der Waals surface area contributed by atoms with E-state index in [1.54, 1.807) is 48.5 Å². The van der Waals surface area contributed by atoms with Crippen LogP contribution < -0.4 is 19.5 Å². The van der Waals surface area contributed by atoms with Crippen LogP contribution in [0.5, 0.6) is 17.2 Å². The minimum absolute atomic E-state index is 0.198. The third-order valence-corrected chi connectivity index (χ3v) is 7.52. The SMILES string of the molecule is COc1cc(NC(C(=O)n2ccc3ccc(OC(F)(F)F)cc32)c2ccc(Cl)cc2)cc(OCC2CC(C)(OC=O)C2)c1. The summed E-state index contributed by atoms with van der Waals surface area (Å²) in [5.41, 5.74) is 0.829. The number of alkyl halides is 3. The number of fused-ring (bicyclic) bond motifs is 1. The Morgan fingerprint density at radius 1 is 1.07 bits per heavy atom. The fourth-order valence-electron chi connectivity index (χ4n) is 5.31. The molecule has 1 heterocycles. The van der Waals surface area contributed by atoms with Gasteiger partial charge in [0.2, 0.25) is 0 Å². The van der Waals surface area contributed by atoms with Gasteiger partial charge in [-0.05, 0) is 55.7 Å². The van der Waals surface area contributed by atoms with Gasteiger partial charge >= 0.3 is 6.36 Å². The van der Waals surface area contributed by atoms with Crippen molar-refractivity contribution in [2.24, 2.45) is 5.92 Å². The van der Waals surface area contributed by atoms with Gasteiger partial charge in [-0.15, -0.1) is 13.2 Å². The Labute approximate surface area is 250 Å². The zero-order valence-electron chi connectivity index (χ0n) is 23.2. The highest BCUT2D eigenvalue weighted by molar-refractivity contribution is 6.30. The molecule has 8 nitrogen and oxygen atoms in total. The van der Waals surface area contributed by atoms with E-state index in [-0.39, 0.29) is 11.4 Å². The molecule has 1 aliphatic carbocycles. The van der Waals surface area contributed by atoms with Gasteiger partial charge in [-0.1, -0.05) is 23.7 Å². The summed E-state index contributed by atoms with van der Waals surface area (Å²) in [6, 6.07) is 16.3. The maximum atomic E-state index is 14.0. The van der Waals surface area contributed by atoms with Crippen molar-refractivity contribution in [1.82, 2.24) is 4.57 Å². The minimum atomic E-state index is -4.88. The molecule has 0 radical (unpaired) electrons. The third kappa shape index (κ3) is 7.16. The molecule has 1 aliphatic rings. The van der Waals surface area contributed by atoms with Crippen LogP contribution >= 0.6 is 11.6 Å². The number of anilines is 1. The number of benzene rings is 3. The molecule has 0 spiro atoms. The minimum Gasteiger partial charge on any atom is -0.497 e. The number of halogens is 4. The van der Waals surface area contributed by atoms with Crippen LogP contribution in [0.15, 0.2) is 72.9 Å². The summed E-state index contributed by atoms with van der Waals surface area (Å²) in [7, 11) is 1.51. The molecule has 1 atom stereocenters. The molecule has 1 fully saturated rings. The van der Waals surface area contributed by atoms with E-state index in [4.69, 9.17) is 25.8 Å². The Bertz CT molecular complexity index is 1620. The van der Waals surface area contributed by atoms with Crippen LogP contribution in [0.1, 0.15) is 36.2 Å². The highest BCUT2D eigenvalue weighted by Crippen LogP contribution is 2.41. The Balaban J connectivity index is 1.42. The second-order valence-corrected chi connectivity index (χ2v) is 11.0. The molecule has 0 amide bonds. The lowest BCUT2D eigenvalue weighted by molar-refractivity contribution is -0.274. The van der Waals surface area contributed by atoms with Gasteiger partial charge in [0.15, 0.2) is 0 Å². The van der Waals surface area contributed by atoms with E-state index in [1.807, 2.05) is 6.92 Å². The molecule has 0 bridgehead atoms. The van der Waals surface area contributed by atoms with Crippen molar-refractivity contribution in [2.75, 3.05) is 19.0 Å². The molecule has 43 heavy (non-hydrogen) atoms. The summed E-state index contributed by atoms with van der Waals surface area (Å²) in [5.74, 6) is 0.266. The van der Waals surface area contributed by atoms with Gasteiger partial charge in [-0.2, -0.15) is 0 Å². The largest absolute Gasteiger partial charge is 0.573 e. The molecule has 1 unspecified atom stereocenters. The van der Waals surface area contributed by atoms with Crippen LogP contribution in [-0.2, 0) is 9.53 Å². The van der Waals surface area contributed by atoms with Crippen molar-refractivity contribution in [2.45, 2.75) is 37.8 Å². The number of nitrogens with one attached hydrogen (secondary N) is 1. The monoisotopic (exact) mass is 616 g/mol. The number of rotatable bonds is 11. The molecule has 4 aromatic rings. The molecule has 1 aromatic heterocycles. The zero-order valence-corrected chi connectivity index (χ0v) is 23.9. The summed E-state index contributed by atoms with van der Waals surface area (Å²) < 4.78 is 60.6. The van der Waals surface area contributed by atoms with Crippen molar-refractivity contribution in [1.29, 1.82) is 0 Å². The van der Waals surface area contributed by atoms with Gasteiger partial charge in [-0.3, -0.25) is 14.2 Å². The summed E-state index contributed by atoms with van der Waals surface area (Å²) in [6.07, 6.45) is -2.03. The molecule has 5 rings (SSSR count). The number of aromatic nitrogens is 1. The topological polar surface area (TPSA) is 88.0 Å². The zero-order chi connectivity index (χ0) is 30.8. The van der Waals surface area contributed by atoms with E-state index in [1.165, 1.54) is 36.1 Å². The molecule has 1 saturated carbocycles. The predicted molar refractivity (Wildman–Crippen MR) is 154 cm³/mol. The Morgan fingerprint density at radius 2 is 1.79 bits per heavy atom. The summed E-state index contributed by atoms with van der Waals surface area (Å²) in [4.78, 5) is 24.7. The first-order valence-electron chi connectivity index (χ1n) is 13.3. The summed E-state index contributed by atoms with van der Waals surface area (Å²) in [6.45, 7) is 2.72. The Morgan fingerprint density at radius 3 is 2.47 bits per heavy atom. The van der Waals surface area contributed by atoms with Crippen molar-refractivity contribution in [3.8, 4) is 17.2 Å². The van der Waals surface area contributed by atoms with Crippen LogP contribution in [-0.4, -0.2) is 42.6 Å². The van der Waals surface area contributed by atoms with E-state index < -0.39 is 29.7 Å². The molecular formula is C31H28ClF3N2O6. The standard InChI is InChI=1S/C31H28ClF3N2O6/c1-30(42-18-38)15-19(16-30)17-41-26-12-23(11-25(13-26)40-2)36-28(21-3-6-22(32)7-4-21)29(39)37-10-9-20-5-8-24(14-27(20)37)43-31(33,34)35/h3-14,18-19,28,36H,15-17H2,1-2H3. The molecule has 0 saturated heterocycles. The number of methoxy groups -OCH3 is 1. The average Bonchev–Trinajstić information content (AvgIpc) is 3.36. The average molecular weight is 617 g/mol. The molecule has 3 aromatic carbocycles. The fourth-order valence-corrected chi connectivity index (χ4v) is 5.43. The molecule has 226 valence electrons. The van der Waals surface area contributed by atoms with E-state index >= 15 is 0 Å². The Kier molecular flexibility index (Phi) is 8.45. The summed E-state index contributed by atoms with van der Waals surface area (Å²) >= 11 is 6.10. The van der Waals surface area contributed by atoms with Crippen molar-refractivity contribution >= 4 is 40.6 Å². The lowest BCUT2D eigenvalue weighted by Gasteiger charge is -2.42. The van der Waals surface area contributed by atoms with Gasteiger partial charge in [-0.25, -0.2) is 0 Å². The predicted octanol–water partition coefficient (Wildman–Crippen LogP) is 7.42. The van der Waals surface area contributed by atoms with Crippen molar-refractivity contribution < 1.29 is 41.7 Å². The number of hydrogen-bond acceptors (Lipinski definition) is 7. The third-order valence-electron chi connectivity index (χ3n) is 7.27. The highest BCUT2D eigenvalue weighted by Gasteiger charge is 2.42. The van der Waals surface area contributed by atoms with E-state index in [0.29, 0.717) is 59.1 Å². The maximum Gasteiger partial charge on any atom is 0.573 e. The second kappa shape index (κ2) is 12.1. The van der Waals surface area contributed by atoms with Gasteiger partial charge in [0.1, 0.15) is 28.9 Å². The van der Waals surface area contributed by atoms with Crippen LogP contribution in [0, 0.1) is 5.92 Å². The van der Waals surface area contributed by atoms with E-state index in [2.05, 4.69) is 10.1 Å². The quantitative estimate of drug-likeness (QED) is 0.176. The lowest BCUT2D eigenvalue weighted by atomic mass is 9.72.